The molecule has 0 aromatic heterocycles. The van der Waals surface area contributed by atoms with Crippen LogP contribution >= 0.6 is 0 Å². The lowest BCUT2D eigenvalue weighted by atomic mass is 9.82. The van der Waals surface area contributed by atoms with Crippen LogP contribution in [0, 0.1) is 10.8 Å². The van der Waals surface area contributed by atoms with Gasteiger partial charge in [0.1, 0.15) is 12.6 Å². The number of fused-ring (bicyclic) bond motifs is 3. The maximum atomic E-state index is 13.4. The first-order valence-electron chi connectivity index (χ1n) is 12.2. The number of carbonyl (C=O) groups excluding carboxylic acids is 2. The molecule has 186 valence electrons. The van der Waals surface area contributed by atoms with Crippen molar-refractivity contribution in [2.75, 3.05) is 19.7 Å². The van der Waals surface area contributed by atoms with Crippen LogP contribution in [0.1, 0.15) is 57.6 Å². The minimum atomic E-state index is -0.996. The number of rotatable bonds is 7. The van der Waals surface area contributed by atoms with Crippen LogP contribution < -0.4 is 5.32 Å². The zero-order valence-electron chi connectivity index (χ0n) is 20.8. The van der Waals surface area contributed by atoms with E-state index in [2.05, 4.69) is 29.6 Å². The van der Waals surface area contributed by atoms with Crippen LogP contribution in [-0.2, 0) is 14.3 Å². The van der Waals surface area contributed by atoms with Gasteiger partial charge >= 0.3 is 12.1 Å². The average molecular weight is 479 g/mol. The Kier molecular flexibility index (Phi) is 6.62. The number of hydrogen-bond acceptors (Lipinski definition) is 4. The second-order valence-corrected chi connectivity index (χ2v) is 10.6. The van der Waals surface area contributed by atoms with E-state index in [9.17, 15) is 19.5 Å². The van der Waals surface area contributed by atoms with Crippen molar-refractivity contribution in [1.29, 1.82) is 0 Å². The Morgan fingerprint density at radius 2 is 1.66 bits per heavy atom. The summed E-state index contributed by atoms with van der Waals surface area (Å²) in [6.45, 7) is 8.04. The van der Waals surface area contributed by atoms with Gasteiger partial charge in [0.15, 0.2) is 0 Å². The van der Waals surface area contributed by atoms with Gasteiger partial charge in [0.25, 0.3) is 0 Å². The number of nitrogens with zero attached hydrogens (tertiary/aromatic N) is 1. The lowest BCUT2D eigenvalue weighted by molar-refractivity contribution is -0.155. The zero-order valence-corrected chi connectivity index (χ0v) is 20.8. The second-order valence-electron chi connectivity index (χ2n) is 10.6. The van der Waals surface area contributed by atoms with Gasteiger partial charge in [0.2, 0.25) is 5.91 Å². The van der Waals surface area contributed by atoms with Crippen LogP contribution in [0.5, 0.6) is 0 Å². The summed E-state index contributed by atoms with van der Waals surface area (Å²) in [4.78, 5) is 39.5. The van der Waals surface area contributed by atoms with E-state index >= 15 is 0 Å². The first kappa shape index (κ1) is 24.8. The van der Waals surface area contributed by atoms with Crippen molar-refractivity contribution in [3.8, 4) is 11.1 Å². The SMILES string of the molecule is CCC(C)(CNC(=O)OCC1c2ccccc2-c2ccccc21)C(=O)N1CCC(C)(C)C1C(=O)O. The molecule has 1 heterocycles. The van der Waals surface area contributed by atoms with Crippen LogP contribution in [0.15, 0.2) is 48.5 Å². The Labute approximate surface area is 206 Å². The van der Waals surface area contributed by atoms with Crippen LogP contribution in [0.25, 0.3) is 11.1 Å². The minimum absolute atomic E-state index is 0.0458. The molecule has 1 aliphatic heterocycles. The average Bonchev–Trinajstić information content (AvgIpc) is 3.34. The summed E-state index contributed by atoms with van der Waals surface area (Å²) in [5.74, 6) is -1.30. The van der Waals surface area contributed by atoms with Gasteiger partial charge in [-0.15, -0.1) is 0 Å². The number of nitrogens with one attached hydrogen (secondary N) is 1. The first-order chi connectivity index (χ1) is 16.6. The maximum absolute atomic E-state index is 13.4. The van der Waals surface area contributed by atoms with Gasteiger partial charge in [-0.25, -0.2) is 9.59 Å². The zero-order chi connectivity index (χ0) is 25.4. The Morgan fingerprint density at radius 3 is 2.20 bits per heavy atom. The molecule has 0 spiro atoms. The van der Waals surface area contributed by atoms with E-state index in [0.717, 1.165) is 22.3 Å². The van der Waals surface area contributed by atoms with Crippen molar-refractivity contribution in [2.24, 2.45) is 10.8 Å². The predicted octanol–water partition coefficient (Wildman–Crippen LogP) is 4.65. The molecule has 2 aromatic rings. The predicted molar refractivity (Wildman–Crippen MR) is 133 cm³/mol. The van der Waals surface area contributed by atoms with Crippen molar-refractivity contribution >= 4 is 18.0 Å². The van der Waals surface area contributed by atoms with E-state index in [0.29, 0.717) is 19.4 Å². The molecule has 0 bridgehead atoms. The van der Waals surface area contributed by atoms with Crippen LogP contribution in [-0.4, -0.2) is 53.7 Å². The van der Waals surface area contributed by atoms with Gasteiger partial charge in [-0.2, -0.15) is 0 Å². The maximum Gasteiger partial charge on any atom is 0.407 e. The van der Waals surface area contributed by atoms with E-state index in [1.165, 1.54) is 4.90 Å². The highest BCUT2D eigenvalue weighted by Gasteiger charge is 2.50. The van der Waals surface area contributed by atoms with Crippen LogP contribution in [0.3, 0.4) is 0 Å². The molecule has 1 fully saturated rings. The van der Waals surface area contributed by atoms with Gasteiger partial charge in [-0.3, -0.25) is 4.79 Å². The Hall–Kier alpha value is -3.35. The molecule has 0 saturated carbocycles. The fourth-order valence-corrected chi connectivity index (χ4v) is 5.40. The summed E-state index contributed by atoms with van der Waals surface area (Å²) in [5, 5.41) is 12.5. The van der Waals surface area contributed by atoms with E-state index in [-0.39, 0.29) is 25.0 Å². The minimum Gasteiger partial charge on any atom is -0.480 e. The van der Waals surface area contributed by atoms with E-state index in [1.807, 2.05) is 45.0 Å². The lowest BCUT2D eigenvalue weighted by Crippen LogP contribution is -2.53. The second kappa shape index (κ2) is 9.36. The number of alkyl carbamates (subject to hydrolysis) is 1. The molecule has 2 unspecified atom stereocenters. The largest absolute Gasteiger partial charge is 0.480 e. The molecule has 7 nitrogen and oxygen atoms in total. The lowest BCUT2D eigenvalue weighted by Gasteiger charge is -2.36. The number of benzene rings is 2. The van der Waals surface area contributed by atoms with E-state index in [1.54, 1.807) is 6.92 Å². The third kappa shape index (κ3) is 4.51. The fraction of sp³-hybridized carbons (Fsp3) is 0.464. The van der Waals surface area contributed by atoms with Gasteiger partial charge in [0, 0.05) is 19.0 Å². The highest BCUT2D eigenvalue weighted by atomic mass is 16.5. The highest BCUT2D eigenvalue weighted by Crippen LogP contribution is 2.44. The van der Waals surface area contributed by atoms with Crippen LogP contribution in [0.4, 0.5) is 4.79 Å². The monoisotopic (exact) mass is 478 g/mol. The molecule has 2 N–H and O–H groups in total. The third-order valence-corrected chi connectivity index (χ3v) is 7.81. The number of hydrogen-bond donors (Lipinski definition) is 2. The van der Waals surface area contributed by atoms with Crippen molar-refractivity contribution in [3.05, 3.63) is 59.7 Å². The molecule has 2 aliphatic rings. The van der Waals surface area contributed by atoms with Crippen molar-refractivity contribution < 1.29 is 24.2 Å². The fourth-order valence-electron chi connectivity index (χ4n) is 5.40. The molecule has 7 heteroatoms. The van der Waals surface area contributed by atoms with Crippen LogP contribution in [0.2, 0.25) is 0 Å². The molecule has 1 saturated heterocycles. The molecule has 2 aromatic carbocycles. The summed E-state index contributed by atoms with van der Waals surface area (Å²) < 4.78 is 5.61. The summed E-state index contributed by atoms with van der Waals surface area (Å²) >= 11 is 0. The molecule has 0 radical (unpaired) electrons. The standard InChI is InChI=1S/C28H34N2O5/c1-5-28(4,25(33)30-15-14-27(2,3)23(30)24(31)32)17-29-26(34)35-16-22-20-12-8-6-10-18(20)19-11-7-9-13-21(19)22/h6-13,22-23H,5,14-17H2,1-4H3,(H,29,34)(H,31,32). The Bertz CT molecular complexity index is 1100. The number of aliphatic carboxylic acids is 1. The van der Waals surface area contributed by atoms with Gasteiger partial charge < -0.3 is 20.1 Å². The summed E-state index contributed by atoms with van der Waals surface area (Å²) in [7, 11) is 0. The molecule has 35 heavy (non-hydrogen) atoms. The third-order valence-electron chi connectivity index (χ3n) is 7.81. The quantitative estimate of drug-likeness (QED) is 0.604. The van der Waals surface area contributed by atoms with Crippen molar-refractivity contribution in [3.63, 3.8) is 0 Å². The molecule has 2 amide bonds. The summed E-state index contributed by atoms with van der Waals surface area (Å²) in [5.41, 5.74) is 3.14. The Morgan fingerprint density at radius 1 is 1.09 bits per heavy atom. The Balaban J connectivity index is 1.40. The van der Waals surface area contributed by atoms with Crippen molar-refractivity contribution in [1.82, 2.24) is 10.2 Å². The summed E-state index contributed by atoms with van der Waals surface area (Å²) in [6, 6.07) is 15.4. The molecular formula is C28H34N2O5. The number of likely N-dealkylation sites (tertiary alicyclic amines) is 1. The highest BCUT2D eigenvalue weighted by molar-refractivity contribution is 5.89. The number of carbonyl (C=O) groups is 3. The van der Waals surface area contributed by atoms with E-state index in [4.69, 9.17) is 4.74 Å². The van der Waals surface area contributed by atoms with Gasteiger partial charge in [-0.05, 0) is 47.4 Å². The smallest absolute Gasteiger partial charge is 0.407 e. The van der Waals surface area contributed by atoms with Crippen molar-refractivity contribution in [2.45, 2.75) is 52.5 Å². The number of carboxylic acid groups (broad SMARTS) is 1. The summed E-state index contributed by atoms with van der Waals surface area (Å²) in [6.07, 6.45) is 0.490. The van der Waals surface area contributed by atoms with E-state index < -0.39 is 28.9 Å². The normalized spacial score (nSPS) is 20.0. The molecular weight excluding hydrogens is 444 g/mol. The topological polar surface area (TPSA) is 95.9 Å². The van der Waals surface area contributed by atoms with Gasteiger partial charge in [0.05, 0.1) is 5.41 Å². The number of ether oxygens (including phenoxy) is 1. The number of amides is 2. The van der Waals surface area contributed by atoms with Gasteiger partial charge in [-0.1, -0.05) is 69.3 Å². The molecule has 1 aliphatic carbocycles. The molecule has 4 rings (SSSR count). The first-order valence-corrected chi connectivity index (χ1v) is 12.2. The number of carboxylic acids is 1. The molecule has 2 atom stereocenters.